The molecule has 0 aliphatic heterocycles. The SMILES string of the molecule is CCCc1c(OCC(O)COc2ccccc2F)ccc(C(C)=O)c1O. The quantitative estimate of drug-likeness (QED) is 0.668. The number of aliphatic hydroxyl groups is 1. The number of para-hydroxylation sites is 1. The highest BCUT2D eigenvalue weighted by Gasteiger charge is 2.17. The lowest BCUT2D eigenvalue weighted by Gasteiger charge is -2.17. The fourth-order valence-corrected chi connectivity index (χ4v) is 2.51. The molecule has 0 aromatic heterocycles. The van der Waals surface area contributed by atoms with E-state index in [9.17, 15) is 19.4 Å². The molecule has 0 spiro atoms. The number of hydrogen-bond donors (Lipinski definition) is 2. The minimum Gasteiger partial charge on any atom is -0.507 e. The lowest BCUT2D eigenvalue weighted by molar-refractivity contribution is 0.0608. The molecule has 0 aliphatic rings. The maximum Gasteiger partial charge on any atom is 0.165 e. The first-order valence-electron chi connectivity index (χ1n) is 8.48. The molecular weight excluding hydrogens is 339 g/mol. The monoisotopic (exact) mass is 362 g/mol. The van der Waals surface area contributed by atoms with Gasteiger partial charge >= 0.3 is 0 Å². The summed E-state index contributed by atoms with van der Waals surface area (Å²) in [7, 11) is 0. The second-order valence-electron chi connectivity index (χ2n) is 5.95. The molecule has 1 atom stereocenters. The number of phenolic OH excluding ortho intramolecular Hbond substituents is 1. The predicted molar refractivity (Wildman–Crippen MR) is 95.5 cm³/mol. The van der Waals surface area contributed by atoms with Gasteiger partial charge in [0, 0.05) is 5.56 Å². The number of carbonyl (C=O) groups is 1. The Balaban J connectivity index is 2.00. The molecule has 2 N–H and O–H groups in total. The largest absolute Gasteiger partial charge is 0.507 e. The summed E-state index contributed by atoms with van der Waals surface area (Å²) in [6.45, 7) is 3.10. The van der Waals surface area contributed by atoms with Crippen molar-refractivity contribution in [2.24, 2.45) is 0 Å². The van der Waals surface area contributed by atoms with Gasteiger partial charge in [-0.3, -0.25) is 4.79 Å². The van der Waals surface area contributed by atoms with E-state index in [1.54, 1.807) is 18.2 Å². The van der Waals surface area contributed by atoms with Crippen molar-refractivity contribution in [2.45, 2.75) is 32.8 Å². The molecule has 0 radical (unpaired) electrons. The number of phenols is 1. The maximum atomic E-state index is 13.5. The highest BCUT2D eigenvalue weighted by atomic mass is 19.1. The zero-order chi connectivity index (χ0) is 19.1. The fourth-order valence-electron chi connectivity index (χ4n) is 2.51. The van der Waals surface area contributed by atoms with Crippen LogP contribution in [0, 0.1) is 5.82 Å². The third kappa shape index (κ3) is 4.95. The van der Waals surface area contributed by atoms with Crippen molar-refractivity contribution in [2.75, 3.05) is 13.2 Å². The molecule has 2 aromatic rings. The first-order chi connectivity index (χ1) is 12.4. The van der Waals surface area contributed by atoms with E-state index in [1.165, 1.54) is 25.1 Å². The van der Waals surface area contributed by atoms with Crippen LogP contribution in [0.15, 0.2) is 36.4 Å². The molecular formula is C20H23FO5. The van der Waals surface area contributed by atoms with Crippen molar-refractivity contribution in [1.82, 2.24) is 0 Å². The van der Waals surface area contributed by atoms with Crippen molar-refractivity contribution in [1.29, 1.82) is 0 Å². The van der Waals surface area contributed by atoms with Gasteiger partial charge in [-0.25, -0.2) is 4.39 Å². The summed E-state index contributed by atoms with van der Waals surface area (Å²) in [5.41, 5.74) is 0.770. The Kier molecular flexibility index (Phi) is 6.97. The van der Waals surface area contributed by atoms with Gasteiger partial charge in [-0.05, 0) is 37.6 Å². The number of hydrogen-bond acceptors (Lipinski definition) is 5. The number of halogens is 1. The van der Waals surface area contributed by atoms with Crippen LogP contribution in [-0.4, -0.2) is 35.3 Å². The lowest BCUT2D eigenvalue weighted by Crippen LogP contribution is -2.25. The van der Waals surface area contributed by atoms with Gasteiger partial charge in [0.15, 0.2) is 17.3 Å². The number of Topliss-reactive ketones (excluding diaryl/α,β-unsaturated/α-hetero) is 1. The Morgan fingerprint density at radius 2 is 1.77 bits per heavy atom. The Morgan fingerprint density at radius 1 is 1.12 bits per heavy atom. The fraction of sp³-hybridized carbons (Fsp3) is 0.350. The van der Waals surface area contributed by atoms with E-state index in [0.717, 1.165) is 6.42 Å². The molecule has 1 unspecified atom stereocenters. The molecule has 0 saturated heterocycles. The molecule has 2 aromatic carbocycles. The van der Waals surface area contributed by atoms with E-state index >= 15 is 0 Å². The summed E-state index contributed by atoms with van der Waals surface area (Å²) in [5, 5.41) is 20.3. The molecule has 5 nitrogen and oxygen atoms in total. The zero-order valence-electron chi connectivity index (χ0n) is 14.9. The summed E-state index contributed by atoms with van der Waals surface area (Å²) in [6, 6.07) is 9.03. The van der Waals surface area contributed by atoms with Gasteiger partial charge in [-0.15, -0.1) is 0 Å². The molecule has 0 heterocycles. The Hall–Kier alpha value is -2.60. The van der Waals surface area contributed by atoms with Crippen molar-refractivity contribution >= 4 is 5.78 Å². The van der Waals surface area contributed by atoms with E-state index in [-0.39, 0.29) is 36.1 Å². The van der Waals surface area contributed by atoms with Gasteiger partial charge in [-0.1, -0.05) is 25.5 Å². The minimum atomic E-state index is -0.987. The van der Waals surface area contributed by atoms with Crippen LogP contribution in [0.2, 0.25) is 0 Å². The molecule has 0 aliphatic carbocycles. The van der Waals surface area contributed by atoms with Crippen molar-refractivity contribution in [3.63, 3.8) is 0 Å². The van der Waals surface area contributed by atoms with Gasteiger partial charge in [0.05, 0.1) is 5.56 Å². The smallest absolute Gasteiger partial charge is 0.165 e. The molecule has 6 heteroatoms. The molecule has 0 amide bonds. The summed E-state index contributed by atoms with van der Waals surface area (Å²) in [6.07, 6.45) is 0.299. The first kappa shape index (κ1) is 19.7. The number of rotatable bonds is 9. The Morgan fingerprint density at radius 3 is 2.38 bits per heavy atom. The number of benzene rings is 2. The van der Waals surface area contributed by atoms with E-state index in [2.05, 4.69) is 0 Å². The van der Waals surface area contributed by atoms with Crippen LogP contribution >= 0.6 is 0 Å². The Bertz CT molecular complexity index is 760. The van der Waals surface area contributed by atoms with E-state index in [4.69, 9.17) is 9.47 Å². The summed E-state index contributed by atoms with van der Waals surface area (Å²) in [4.78, 5) is 11.6. The predicted octanol–water partition coefficient (Wildman–Crippen LogP) is 3.51. The van der Waals surface area contributed by atoms with E-state index < -0.39 is 11.9 Å². The lowest BCUT2D eigenvalue weighted by atomic mass is 10.0. The highest BCUT2D eigenvalue weighted by Crippen LogP contribution is 2.33. The van der Waals surface area contributed by atoms with Gasteiger partial charge in [-0.2, -0.15) is 0 Å². The maximum absolute atomic E-state index is 13.5. The van der Waals surface area contributed by atoms with E-state index in [0.29, 0.717) is 17.7 Å². The molecule has 140 valence electrons. The number of ether oxygens (including phenoxy) is 2. The number of aliphatic hydroxyl groups excluding tert-OH is 1. The van der Waals surface area contributed by atoms with Crippen LogP contribution in [0.1, 0.15) is 36.2 Å². The average molecular weight is 362 g/mol. The second-order valence-corrected chi connectivity index (χ2v) is 5.95. The van der Waals surface area contributed by atoms with Gasteiger partial charge < -0.3 is 19.7 Å². The molecule has 0 saturated carbocycles. The van der Waals surface area contributed by atoms with Crippen LogP contribution in [0.3, 0.4) is 0 Å². The van der Waals surface area contributed by atoms with Crippen LogP contribution in [0.5, 0.6) is 17.2 Å². The van der Waals surface area contributed by atoms with Crippen molar-refractivity contribution in [3.05, 3.63) is 53.3 Å². The topological polar surface area (TPSA) is 76.0 Å². The van der Waals surface area contributed by atoms with Gasteiger partial charge in [0.2, 0.25) is 0 Å². The summed E-state index contributed by atoms with van der Waals surface area (Å²) in [5.74, 6) is -0.366. The molecule has 0 bridgehead atoms. The third-order valence-electron chi connectivity index (χ3n) is 3.82. The number of aromatic hydroxyl groups is 1. The van der Waals surface area contributed by atoms with Crippen LogP contribution in [0.4, 0.5) is 4.39 Å². The second kappa shape index (κ2) is 9.20. The minimum absolute atomic E-state index is 0.0571. The van der Waals surface area contributed by atoms with Crippen LogP contribution in [-0.2, 0) is 6.42 Å². The van der Waals surface area contributed by atoms with E-state index in [1.807, 2.05) is 6.92 Å². The normalized spacial score (nSPS) is 11.8. The first-order valence-corrected chi connectivity index (χ1v) is 8.48. The highest BCUT2D eigenvalue weighted by molar-refractivity contribution is 5.97. The number of ketones is 1. The number of carbonyl (C=O) groups excluding carboxylic acids is 1. The van der Waals surface area contributed by atoms with Crippen LogP contribution < -0.4 is 9.47 Å². The summed E-state index contributed by atoms with van der Waals surface area (Å²) < 4.78 is 24.3. The third-order valence-corrected chi connectivity index (χ3v) is 3.82. The Labute approximate surface area is 152 Å². The van der Waals surface area contributed by atoms with Crippen molar-refractivity contribution in [3.8, 4) is 17.2 Å². The van der Waals surface area contributed by atoms with Crippen molar-refractivity contribution < 1.29 is 28.9 Å². The summed E-state index contributed by atoms with van der Waals surface area (Å²) >= 11 is 0. The van der Waals surface area contributed by atoms with Crippen LogP contribution in [0.25, 0.3) is 0 Å². The average Bonchev–Trinajstić information content (AvgIpc) is 2.61. The molecule has 0 fully saturated rings. The molecule has 2 rings (SSSR count). The van der Waals surface area contributed by atoms with Gasteiger partial charge in [0.25, 0.3) is 0 Å². The van der Waals surface area contributed by atoms with Gasteiger partial charge in [0.1, 0.15) is 30.8 Å². The standard InChI is InChI=1S/C20H23FO5/c1-3-6-16-18(10-9-15(13(2)22)20(16)24)25-11-14(23)12-26-19-8-5-4-7-17(19)21/h4-5,7-10,14,23-24H,3,6,11-12H2,1-2H3. The zero-order valence-corrected chi connectivity index (χ0v) is 14.9. The molecule has 26 heavy (non-hydrogen) atoms.